The number of aryl methyl sites for hydroxylation is 1. The van der Waals surface area contributed by atoms with Gasteiger partial charge in [-0.15, -0.1) is 0 Å². The lowest BCUT2D eigenvalue weighted by atomic mass is 9.99. The largest absolute Gasteiger partial charge is 0.354 e. The summed E-state index contributed by atoms with van der Waals surface area (Å²) in [6.45, 7) is 7.13. The fourth-order valence-corrected chi connectivity index (χ4v) is 3.82. The second-order valence-corrected chi connectivity index (χ2v) is 7.60. The van der Waals surface area contributed by atoms with E-state index in [2.05, 4.69) is 21.7 Å². The zero-order valence-corrected chi connectivity index (χ0v) is 16.5. The van der Waals surface area contributed by atoms with Gasteiger partial charge in [0, 0.05) is 30.6 Å². The average Bonchev–Trinajstić information content (AvgIpc) is 3.36. The van der Waals surface area contributed by atoms with Crippen LogP contribution in [0.4, 0.5) is 0 Å². The summed E-state index contributed by atoms with van der Waals surface area (Å²) in [5.41, 5.74) is 4.24. The first kappa shape index (κ1) is 18.6. The van der Waals surface area contributed by atoms with E-state index in [1.165, 1.54) is 5.56 Å². The van der Waals surface area contributed by atoms with Crippen LogP contribution >= 0.6 is 0 Å². The van der Waals surface area contributed by atoms with Crippen molar-refractivity contribution in [3.63, 3.8) is 0 Å². The molecule has 0 saturated carbocycles. The van der Waals surface area contributed by atoms with Crippen molar-refractivity contribution < 1.29 is 4.79 Å². The number of carbonyl (C=O) groups is 1. The van der Waals surface area contributed by atoms with E-state index in [0.717, 1.165) is 41.8 Å². The van der Waals surface area contributed by atoms with E-state index in [0.29, 0.717) is 19.0 Å². The van der Waals surface area contributed by atoms with E-state index in [-0.39, 0.29) is 11.8 Å². The Kier molecular flexibility index (Phi) is 5.39. The molecule has 1 fully saturated rings. The van der Waals surface area contributed by atoms with Crippen LogP contribution in [0.25, 0.3) is 11.0 Å². The van der Waals surface area contributed by atoms with Gasteiger partial charge in [-0.25, -0.2) is 9.67 Å². The molecule has 1 amide bonds. The van der Waals surface area contributed by atoms with Crippen molar-refractivity contribution in [1.82, 2.24) is 25.4 Å². The quantitative estimate of drug-likeness (QED) is 0.693. The first-order valence-corrected chi connectivity index (χ1v) is 10.00. The SMILES string of the molecule is Cc1ccc([C@@H](C)C(=O)NCCn2nc([C@@H]3CCNC3)c3cccnc32)cc1. The number of rotatable bonds is 6. The number of aromatic nitrogens is 3. The van der Waals surface area contributed by atoms with Crippen molar-refractivity contribution in [1.29, 1.82) is 0 Å². The molecule has 0 spiro atoms. The molecule has 4 rings (SSSR count). The molecule has 2 N–H and O–H groups in total. The van der Waals surface area contributed by atoms with Gasteiger partial charge in [-0.1, -0.05) is 29.8 Å². The molecule has 3 heterocycles. The zero-order valence-electron chi connectivity index (χ0n) is 16.5. The van der Waals surface area contributed by atoms with E-state index in [9.17, 15) is 4.79 Å². The van der Waals surface area contributed by atoms with Crippen molar-refractivity contribution in [3.8, 4) is 0 Å². The number of fused-ring (bicyclic) bond motifs is 1. The molecule has 0 aliphatic carbocycles. The van der Waals surface area contributed by atoms with Crippen LogP contribution in [-0.2, 0) is 11.3 Å². The smallest absolute Gasteiger partial charge is 0.227 e. The lowest BCUT2D eigenvalue weighted by Crippen LogP contribution is -2.31. The standard InChI is InChI=1S/C22H27N5O/c1-15-5-7-17(8-6-15)16(2)22(28)25-12-13-27-21-19(4-3-10-24-21)20(26-27)18-9-11-23-14-18/h3-8,10,16,18,23H,9,11-14H2,1-2H3,(H,25,28)/t16-,18-/m1/s1. The molecule has 3 aromatic rings. The van der Waals surface area contributed by atoms with Crippen LogP contribution in [0.3, 0.4) is 0 Å². The maximum absolute atomic E-state index is 12.5. The Morgan fingerprint density at radius 1 is 1.32 bits per heavy atom. The number of hydrogen-bond acceptors (Lipinski definition) is 4. The summed E-state index contributed by atoms with van der Waals surface area (Å²) in [7, 11) is 0. The van der Waals surface area contributed by atoms with Crippen molar-refractivity contribution in [2.45, 2.75) is 38.6 Å². The van der Waals surface area contributed by atoms with E-state index >= 15 is 0 Å². The lowest BCUT2D eigenvalue weighted by Gasteiger charge is -2.13. The van der Waals surface area contributed by atoms with Gasteiger partial charge in [-0.2, -0.15) is 5.10 Å². The van der Waals surface area contributed by atoms with E-state index in [1.807, 2.05) is 48.9 Å². The second kappa shape index (κ2) is 8.10. The third kappa shape index (κ3) is 3.78. The molecule has 6 heteroatoms. The highest BCUT2D eigenvalue weighted by Gasteiger charge is 2.23. The Morgan fingerprint density at radius 2 is 2.14 bits per heavy atom. The number of nitrogens with zero attached hydrogens (tertiary/aromatic N) is 3. The van der Waals surface area contributed by atoms with Crippen molar-refractivity contribution in [3.05, 3.63) is 59.4 Å². The first-order chi connectivity index (χ1) is 13.6. The Labute approximate surface area is 165 Å². The van der Waals surface area contributed by atoms with Crippen LogP contribution < -0.4 is 10.6 Å². The summed E-state index contributed by atoms with van der Waals surface area (Å²) in [5, 5.41) is 12.4. The predicted molar refractivity (Wildman–Crippen MR) is 110 cm³/mol. The van der Waals surface area contributed by atoms with Gasteiger partial charge in [0.1, 0.15) is 0 Å². The van der Waals surface area contributed by atoms with Crippen LogP contribution in [0.5, 0.6) is 0 Å². The van der Waals surface area contributed by atoms with Crippen molar-refractivity contribution in [2.75, 3.05) is 19.6 Å². The third-order valence-electron chi connectivity index (χ3n) is 5.58. The van der Waals surface area contributed by atoms with Gasteiger partial charge >= 0.3 is 0 Å². The van der Waals surface area contributed by atoms with Crippen LogP contribution in [0.15, 0.2) is 42.6 Å². The highest BCUT2D eigenvalue weighted by Crippen LogP contribution is 2.27. The number of hydrogen-bond donors (Lipinski definition) is 2. The predicted octanol–water partition coefficient (Wildman–Crippen LogP) is 2.74. The van der Waals surface area contributed by atoms with E-state index < -0.39 is 0 Å². The first-order valence-electron chi connectivity index (χ1n) is 10.00. The van der Waals surface area contributed by atoms with Gasteiger partial charge in [0.25, 0.3) is 0 Å². The Bertz CT molecular complexity index is 957. The molecule has 1 saturated heterocycles. The summed E-state index contributed by atoms with van der Waals surface area (Å²) in [6.07, 6.45) is 2.90. The third-order valence-corrected chi connectivity index (χ3v) is 5.58. The van der Waals surface area contributed by atoms with Gasteiger partial charge < -0.3 is 10.6 Å². The minimum atomic E-state index is -0.173. The Balaban J connectivity index is 1.43. The van der Waals surface area contributed by atoms with Crippen molar-refractivity contribution >= 4 is 16.9 Å². The van der Waals surface area contributed by atoms with Crippen LogP contribution in [0.1, 0.15) is 42.0 Å². The minimum absolute atomic E-state index is 0.0356. The minimum Gasteiger partial charge on any atom is -0.354 e. The van der Waals surface area contributed by atoms with E-state index in [1.54, 1.807) is 6.20 Å². The fourth-order valence-electron chi connectivity index (χ4n) is 3.82. The van der Waals surface area contributed by atoms with Gasteiger partial charge in [0.15, 0.2) is 5.65 Å². The number of benzene rings is 1. The summed E-state index contributed by atoms with van der Waals surface area (Å²) in [5.74, 6) is 0.297. The molecule has 2 atom stereocenters. The number of carbonyl (C=O) groups excluding carboxylic acids is 1. The molecule has 0 bridgehead atoms. The molecular formula is C22H27N5O. The van der Waals surface area contributed by atoms with Crippen LogP contribution in [-0.4, -0.2) is 40.3 Å². The topological polar surface area (TPSA) is 71.8 Å². The highest BCUT2D eigenvalue weighted by atomic mass is 16.1. The molecule has 1 aliphatic heterocycles. The number of amides is 1. The summed E-state index contributed by atoms with van der Waals surface area (Å²) in [4.78, 5) is 17.1. The number of pyridine rings is 1. The zero-order chi connectivity index (χ0) is 19.5. The van der Waals surface area contributed by atoms with Gasteiger partial charge in [-0.3, -0.25) is 4.79 Å². The van der Waals surface area contributed by atoms with E-state index in [4.69, 9.17) is 5.10 Å². The molecule has 0 unspecified atom stereocenters. The monoisotopic (exact) mass is 377 g/mol. The maximum Gasteiger partial charge on any atom is 0.227 e. The van der Waals surface area contributed by atoms with Crippen molar-refractivity contribution in [2.24, 2.45) is 0 Å². The Morgan fingerprint density at radius 3 is 2.89 bits per heavy atom. The molecule has 6 nitrogen and oxygen atoms in total. The molecule has 1 aromatic carbocycles. The molecule has 1 aliphatic rings. The average molecular weight is 377 g/mol. The van der Waals surface area contributed by atoms with Gasteiger partial charge in [-0.05, 0) is 44.5 Å². The molecular weight excluding hydrogens is 350 g/mol. The molecule has 146 valence electrons. The Hall–Kier alpha value is -2.73. The van der Waals surface area contributed by atoms with Crippen LogP contribution in [0, 0.1) is 6.92 Å². The van der Waals surface area contributed by atoms with Gasteiger partial charge in [0.2, 0.25) is 5.91 Å². The maximum atomic E-state index is 12.5. The molecule has 2 aromatic heterocycles. The van der Waals surface area contributed by atoms with Gasteiger partial charge in [0.05, 0.1) is 18.2 Å². The highest BCUT2D eigenvalue weighted by molar-refractivity contribution is 5.83. The summed E-state index contributed by atoms with van der Waals surface area (Å²) < 4.78 is 1.93. The molecule has 28 heavy (non-hydrogen) atoms. The lowest BCUT2D eigenvalue weighted by molar-refractivity contribution is -0.122. The number of nitrogens with one attached hydrogen (secondary N) is 2. The second-order valence-electron chi connectivity index (χ2n) is 7.60. The summed E-state index contributed by atoms with van der Waals surface area (Å²) in [6, 6.07) is 12.2. The fraction of sp³-hybridized carbons (Fsp3) is 0.409. The van der Waals surface area contributed by atoms with Crippen LogP contribution in [0.2, 0.25) is 0 Å². The molecule has 0 radical (unpaired) electrons. The normalized spacial score (nSPS) is 17.7. The summed E-state index contributed by atoms with van der Waals surface area (Å²) >= 11 is 0.